The fourth-order valence-electron chi connectivity index (χ4n) is 3.96. The Kier molecular flexibility index (Phi) is 6.45. The molecule has 1 saturated heterocycles. The summed E-state index contributed by atoms with van der Waals surface area (Å²) < 4.78 is 0. The minimum absolute atomic E-state index is 0.197. The largest absolute Gasteiger partial charge is 0.335 e. The predicted octanol–water partition coefficient (Wildman–Crippen LogP) is 2.71. The van der Waals surface area contributed by atoms with Crippen molar-refractivity contribution in [2.24, 2.45) is 5.92 Å². The van der Waals surface area contributed by atoms with Crippen molar-refractivity contribution in [3.05, 3.63) is 35.9 Å². The molecule has 0 spiro atoms. The molecule has 1 aliphatic carbocycles. The predicted molar refractivity (Wildman–Crippen MR) is 98.2 cm³/mol. The third-order valence-electron chi connectivity index (χ3n) is 5.38. The lowest BCUT2D eigenvalue weighted by molar-refractivity contribution is -0.121. The molecule has 2 N–H and O–H groups in total. The van der Waals surface area contributed by atoms with Crippen LogP contribution < -0.4 is 10.6 Å². The van der Waals surface area contributed by atoms with Crippen LogP contribution >= 0.6 is 0 Å². The maximum absolute atomic E-state index is 12.1. The zero-order chi connectivity index (χ0) is 17.5. The monoisotopic (exact) mass is 343 g/mol. The average Bonchev–Trinajstić information content (AvgIpc) is 3.10. The molecule has 136 valence electrons. The second kappa shape index (κ2) is 8.99. The molecule has 1 aliphatic heterocycles. The van der Waals surface area contributed by atoms with Crippen LogP contribution in [0.5, 0.6) is 0 Å². The number of amides is 3. The van der Waals surface area contributed by atoms with Gasteiger partial charge >= 0.3 is 6.03 Å². The van der Waals surface area contributed by atoms with Gasteiger partial charge in [-0.15, -0.1) is 0 Å². The maximum Gasteiger partial charge on any atom is 0.321 e. The lowest BCUT2D eigenvalue weighted by Gasteiger charge is -2.31. The number of nitrogens with zero attached hydrogens (tertiary/aromatic N) is 1. The number of piperidine rings is 1. The molecule has 1 saturated carbocycles. The SMILES string of the molecule is O=C(CN1CCC(Cc2ccccc2)CC1)NC(=O)NC1CCCC1. The van der Waals surface area contributed by atoms with Gasteiger partial charge in [0.2, 0.25) is 5.91 Å². The molecule has 0 bridgehead atoms. The van der Waals surface area contributed by atoms with Crippen molar-refractivity contribution in [2.75, 3.05) is 19.6 Å². The Balaban J connectivity index is 1.34. The number of urea groups is 1. The van der Waals surface area contributed by atoms with E-state index in [1.165, 1.54) is 5.56 Å². The Hall–Kier alpha value is -1.88. The number of rotatable bonds is 5. The van der Waals surface area contributed by atoms with Crippen LogP contribution in [0.3, 0.4) is 0 Å². The van der Waals surface area contributed by atoms with Crippen molar-refractivity contribution in [1.29, 1.82) is 0 Å². The zero-order valence-corrected chi connectivity index (χ0v) is 14.9. The highest BCUT2D eigenvalue weighted by molar-refractivity contribution is 5.95. The normalized spacial score (nSPS) is 19.7. The molecule has 25 heavy (non-hydrogen) atoms. The van der Waals surface area contributed by atoms with E-state index >= 15 is 0 Å². The molecule has 3 rings (SSSR count). The van der Waals surface area contributed by atoms with E-state index in [9.17, 15) is 9.59 Å². The molecule has 0 unspecified atom stereocenters. The van der Waals surface area contributed by atoms with Crippen LogP contribution in [0.4, 0.5) is 4.79 Å². The van der Waals surface area contributed by atoms with Crippen molar-refractivity contribution in [3.8, 4) is 0 Å². The number of hydrogen-bond acceptors (Lipinski definition) is 3. The van der Waals surface area contributed by atoms with Gasteiger partial charge < -0.3 is 5.32 Å². The molecule has 3 amide bonds. The Bertz CT molecular complexity index is 562. The van der Waals surface area contributed by atoms with E-state index < -0.39 is 0 Å². The van der Waals surface area contributed by atoms with Crippen LogP contribution in [-0.4, -0.2) is 42.5 Å². The van der Waals surface area contributed by atoms with Gasteiger partial charge in [-0.05, 0) is 56.7 Å². The van der Waals surface area contributed by atoms with Crippen molar-refractivity contribution in [1.82, 2.24) is 15.5 Å². The van der Waals surface area contributed by atoms with Crippen LogP contribution in [0.15, 0.2) is 30.3 Å². The quantitative estimate of drug-likeness (QED) is 0.864. The number of carbonyl (C=O) groups is 2. The summed E-state index contributed by atoms with van der Waals surface area (Å²) in [4.78, 5) is 26.1. The fourth-order valence-corrected chi connectivity index (χ4v) is 3.96. The first kappa shape index (κ1) is 17.9. The minimum atomic E-state index is -0.337. The summed E-state index contributed by atoms with van der Waals surface area (Å²) in [5.41, 5.74) is 1.39. The van der Waals surface area contributed by atoms with E-state index in [1.54, 1.807) is 0 Å². The molecule has 0 atom stereocenters. The van der Waals surface area contributed by atoms with Gasteiger partial charge in [0.15, 0.2) is 0 Å². The Morgan fingerprint density at radius 1 is 1.00 bits per heavy atom. The molecule has 1 aromatic carbocycles. The highest BCUT2D eigenvalue weighted by Gasteiger charge is 2.22. The van der Waals surface area contributed by atoms with Crippen molar-refractivity contribution in [3.63, 3.8) is 0 Å². The summed E-state index contributed by atoms with van der Waals surface area (Å²) in [7, 11) is 0. The number of imide groups is 1. The summed E-state index contributed by atoms with van der Waals surface area (Å²) in [5, 5.41) is 5.37. The molecule has 1 aromatic rings. The van der Waals surface area contributed by atoms with E-state index in [4.69, 9.17) is 0 Å². The van der Waals surface area contributed by atoms with Crippen LogP contribution in [0, 0.1) is 5.92 Å². The Morgan fingerprint density at radius 3 is 2.36 bits per heavy atom. The van der Waals surface area contributed by atoms with Gasteiger partial charge in [-0.2, -0.15) is 0 Å². The lowest BCUT2D eigenvalue weighted by Crippen LogP contribution is -2.48. The third-order valence-corrected chi connectivity index (χ3v) is 5.38. The van der Waals surface area contributed by atoms with Gasteiger partial charge in [-0.3, -0.25) is 15.0 Å². The Labute approximate surface area is 150 Å². The number of carbonyl (C=O) groups excluding carboxylic acids is 2. The van der Waals surface area contributed by atoms with Crippen LogP contribution in [0.2, 0.25) is 0 Å². The van der Waals surface area contributed by atoms with Gasteiger partial charge in [0.05, 0.1) is 6.54 Å². The topological polar surface area (TPSA) is 61.4 Å². The maximum atomic E-state index is 12.1. The number of benzene rings is 1. The Morgan fingerprint density at radius 2 is 1.68 bits per heavy atom. The number of nitrogens with one attached hydrogen (secondary N) is 2. The molecule has 5 nitrogen and oxygen atoms in total. The summed E-state index contributed by atoms with van der Waals surface area (Å²) in [5.74, 6) is 0.490. The number of likely N-dealkylation sites (tertiary alicyclic amines) is 1. The van der Waals surface area contributed by atoms with Gasteiger partial charge in [-0.25, -0.2) is 4.79 Å². The van der Waals surface area contributed by atoms with Gasteiger partial charge in [-0.1, -0.05) is 43.2 Å². The van der Waals surface area contributed by atoms with Gasteiger partial charge in [0.25, 0.3) is 0 Å². The second-order valence-electron chi connectivity index (χ2n) is 7.41. The minimum Gasteiger partial charge on any atom is -0.335 e. The molecule has 2 fully saturated rings. The molecule has 0 aromatic heterocycles. The summed E-state index contributed by atoms with van der Waals surface area (Å²) in [6.07, 6.45) is 7.71. The first-order chi connectivity index (χ1) is 12.2. The van der Waals surface area contributed by atoms with Crippen molar-refractivity contribution < 1.29 is 9.59 Å². The van der Waals surface area contributed by atoms with Crippen LogP contribution in [0.25, 0.3) is 0 Å². The van der Waals surface area contributed by atoms with E-state index in [-0.39, 0.29) is 18.0 Å². The standard InChI is InChI=1S/C20H29N3O2/c24-19(22-20(25)21-18-8-4-5-9-18)15-23-12-10-17(11-13-23)14-16-6-2-1-3-7-16/h1-3,6-7,17-18H,4-5,8-15H2,(H2,21,22,24,25). The van der Waals surface area contributed by atoms with Gasteiger partial charge in [0, 0.05) is 6.04 Å². The van der Waals surface area contributed by atoms with Crippen LogP contribution in [0.1, 0.15) is 44.1 Å². The summed E-state index contributed by atoms with van der Waals surface area (Å²) in [6.45, 7) is 2.17. The number of hydrogen-bond donors (Lipinski definition) is 2. The average molecular weight is 343 g/mol. The van der Waals surface area contributed by atoms with Crippen molar-refractivity contribution >= 4 is 11.9 Å². The fraction of sp³-hybridized carbons (Fsp3) is 0.600. The van der Waals surface area contributed by atoms with E-state index in [1.807, 2.05) is 6.07 Å². The molecule has 5 heteroatoms. The smallest absolute Gasteiger partial charge is 0.321 e. The molecule has 2 aliphatic rings. The summed E-state index contributed by atoms with van der Waals surface area (Å²) >= 11 is 0. The summed E-state index contributed by atoms with van der Waals surface area (Å²) in [6, 6.07) is 10.5. The van der Waals surface area contributed by atoms with Gasteiger partial charge in [0.1, 0.15) is 0 Å². The first-order valence-corrected chi connectivity index (χ1v) is 9.55. The molecular formula is C20H29N3O2. The first-order valence-electron chi connectivity index (χ1n) is 9.55. The second-order valence-corrected chi connectivity index (χ2v) is 7.41. The highest BCUT2D eigenvalue weighted by Crippen LogP contribution is 2.21. The third kappa shape index (κ3) is 5.85. The van der Waals surface area contributed by atoms with Crippen molar-refractivity contribution in [2.45, 2.75) is 51.0 Å². The zero-order valence-electron chi connectivity index (χ0n) is 14.9. The molecular weight excluding hydrogens is 314 g/mol. The van der Waals surface area contributed by atoms with E-state index in [0.29, 0.717) is 12.5 Å². The lowest BCUT2D eigenvalue weighted by atomic mass is 9.90. The molecule has 0 radical (unpaired) electrons. The molecule has 1 heterocycles. The highest BCUT2D eigenvalue weighted by atomic mass is 16.2. The van der Waals surface area contributed by atoms with E-state index in [0.717, 1.165) is 58.0 Å². The van der Waals surface area contributed by atoms with E-state index in [2.05, 4.69) is 39.8 Å². The van der Waals surface area contributed by atoms with Crippen LogP contribution in [-0.2, 0) is 11.2 Å².